The molecule has 2 amide bonds. The molecule has 1 saturated heterocycles. The van der Waals surface area contributed by atoms with Gasteiger partial charge in [0.05, 0.1) is 10.0 Å². The second-order valence-electron chi connectivity index (χ2n) is 8.52. The lowest BCUT2D eigenvalue weighted by Crippen LogP contribution is -2.56. The number of rotatable bonds is 7. The van der Waals surface area contributed by atoms with E-state index in [1.54, 1.807) is 54.7 Å². The Labute approximate surface area is 232 Å². The van der Waals surface area contributed by atoms with E-state index >= 15 is 0 Å². The number of benzene rings is 1. The van der Waals surface area contributed by atoms with E-state index in [0.717, 1.165) is 17.3 Å². The number of carbonyl (C=O) groups is 2. The van der Waals surface area contributed by atoms with Crippen LogP contribution in [0.2, 0.25) is 10.0 Å². The van der Waals surface area contributed by atoms with Crippen molar-refractivity contribution >= 4 is 58.7 Å². The molecule has 2 aromatic heterocycles. The molecule has 1 aliphatic heterocycles. The van der Waals surface area contributed by atoms with Gasteiger partial charge in [0, 0.05) is 56.9 Å². The largest absolute Gasteiger partial charge is 0.465 e. The normalized spacial score (nSPS) is 14.3. The van der Waals surface area contributed by atoms with Crippen LogP contribution in [0.4, 0.5) is 16.6 Å². The number of halogens is 2. The Morgan fingerprint density at radius 2 is 1.84 bits per heavy atom. The highest BCUT2D eigenvalue weighted by molar-refractivity contribution is 7.99. The molecular weight excluding hydrogens is 553 g/mol. The first kappa shape index (κ1) is 27.6. The van der Waals surface area contributed by atoms with Crippen molar-refractivity contribution in [3.8, 4) is 0 Å². The van der Waals surface area contributed by atoms with E-state index in [2.05, 4.69) is 15.3 Å². The molecule has 3 aromatic rings. The molecule has 1 atom stereocenters. The number of hydrogen-bond donors (Lipinski definition) is 3. The van der Waals surface area contributed by atoms with E-state index in [1.165, 1.54) is 4.57 Å². The molecule has 1 fully saturated rings. The number of hydrogen-bond acceptors (Lipinski definition) is 8. The van der Waals surface area contributed by atoms with Gasteiger partial charge in [0.1, 0.15) is 16.8 Å². The minimum absolute atomic E-state index is 0.0609. The van der Waals surface area contributed by atoms with Gasteiger partial charge in [-0.1, -0.05) is 41.0 Å². The van der Waals surface area contributed by atoms with E-state index in [0.29, 0.717) is 47.1 Å². The van der Waals surface area contributed by atoms with Gasteiger partial charge in [0.15, 0.2) is 0 Å². The molecule has 0 radical (unpaired) electrons. The summed E-state index contributed by atoms with van der Waals surface area (Å²) >= 11 is 13.5. The van der Waals surface area contributed by atoms with E-state index in [-0.39, 0.29) is 28.6 Å². The molecule has 11 nitrogen and oxygen atoms in total. The fraction of sp³-hybridized carbons (Fsp3) is 0.292. The van der Waals surface area contributed by atoms with Gasteiger partial charge >= 0.3 is 6.09 Å². The number of nitrogen functional groups attached to an aromatic ring is 1. The maximum atomic E-state index is 13.2. The van der Waals surface area contributed by atoms with Crippen LogP contribution in [0.3, 0.4) is 0 Å². The first-order chi connectivity index (χ1) is 18.2. The number of carboxylic acid groups (broad SMARTS) is 1. The summed E-state index contributed by atoms with van der Waals surface area (Å²) in [6.07, 6.45) is 2.11. The molecule has 0 aliphatic carbocycles. The monoisotopic (exact) mass is 577 g/mol. The smallest absolute Gasteiger partial charge is 0.405 e. The van der Waals surface area contributed by atoms with Gasteiger partial charge in [0.2, 0.25) is 11.9 Å². The summed E-state index contributed by atoms with van der Waals surface area (Å²) in [4.78, 5) is 50.4. The van der Waals surface area contributed by atoms with Crippen molar-refractivity contribution in [2.24, 2.45) is 7.05 Å². The summed E-state index contributed by atoms with van der Waals surface area (Å²) in [5.74, 6) is 0.110. The highest BCUT2D eigenvalue weighted by Crippen LogP contribution is 2.37. The van der Waals surface area contributed by atoms with Crippen LogP contribution in [0.1, 0.15) is 5.56 Å². The average Bonchev–Trinajstić information content (AvgIpc) is 2.90. The molecular formula is C24H25Cl2N7O4S. The average molecular weight is 578 g/mol. The van der Waals surface area contributed by atoms with E-state index in [4.69, 9.17) is 28.9 Å². The van der Waals surface area contributed by atoms with Crippen molar-refractivity contribution in [2.75, 3.05) is 36.8 Å². The predicted molar refractivity (Wildman–Crippen MR) is 146 cm³/mol. The van der Waals surface area contributed by atoms with Crippen molar-refractivity contribution in [1.82, 2.24) is 24.8 Å². The van der Waals surface area contributed by atoms with Crippen LogP contribution in [0.25, 0.3) is 0 Å². The van der Waals surface area contributed by atoms with Gasteiger partial charge in [-0.15, -0.1) is 0 Å². The highest BCUT2D eigenvalue weighted by Gasteiger charge is 2.30. The van der Waals surface area contributed by atoms with E-state index in [9.17, 15) is 19.5 Å². The van der Waals surface area contributed by atoms with Crippen LogP contribution >= 0.6 is 35.0 Å². The van der Waals surface area contributed by atoms with Gasteiger partial charge < -0.3 is 26.0 Å². The maximum Gasteiger partial charge on any atom is 0.405 e. The molecule has 14 heteroatoms. The third-order valence-corrected chi connectivity index (χ3v) is 8.12. The standard InChI is InChI=1S/C24H25Cl2N7O4S/c1-31-22(35)19(38-17-4-2-3-15(25)18(17)26)20(27)30-23(31)33-11-9-32(10-12-33)21(34)16(29-24(36)37)13-14-5-7-28-8-6-14/h2-8,16,29H,9-13,27H2,1H3,(H,36,37). The number of nitrogens with two attached hydrogens (primary N) is 1. The zero-order valence-corrected chi connectivity index (χ0v) is 22.6. The van der Waals surface area contributed by atoms with E-state index in [1.807, 2.05) is 4.90 Å². The second-order valence-corrected chi connectivity index (χ2v) is 10.4. The van der Waals surface area contributed by atoms with Gasteiger partial charge in [-0.3, -0.25) is 19.1 Å². The fourth-order valence-electron chi connectivity index (χ4n) is 4.09. The van der Waals surface area contributed by atoms with E-state index < -0.39 is 12.1 Å². The molecule has 4 N–H and O–H groups in total. The summed E-state index contributed by atoms with van der Waals surface area (Å²) in [7, 11) is 1.60. The SMILES string of the molecule is Cn1c(N2CCN(C(=O)C(Cc3ccncc3)NC(=O)O)CC2)nc(N)c(Sc2cccc(Cl)c2Cl)c1=O. The summed E-state index contributed by atoms with van der Waals surface area (Å²) < 4.78 is 1.41. The van der Waals surface area contributed by atoms with Crippen LogP contribution < -0.4 is 21.5 Å². The highest BCUT2D eigenvalue weighted by atomic mass is 35.5. The number of aromatic nitrogens is 3. The lowest BCUT2D eigenvalue weighted by atomic mass is 10.1. The Bertz CT molecular complexity index is 1400. The minimum Gasteiger partial charge on any atom is -0.465 e. The lowest BCUT2D eigenvalue weighted by molar-refractivity contribution is -0.133. The first-order valence-electron chi connectivity index (χ1n) is 11.6. The number of nitrogens with zero attached hydrogens (tertiary/aromatic N) is 5. The van der Waals surface area contributed by atoms with Crippen LogP contribution in [0.15, 0.2) is 57.3 Å². The Morgan fingerprint density at radius 3 is 2.50 bits per heavy atom. The molecule has 0 saturated carbocycles. The number of piperazine rings is 1. The molecule has 4 rings (SSSR count). The van der Waals surface area contributed by atoms with Crippen LogP contribution in [0.5, 0.6) is 0 Å². The maximum absolute atomic E-state index is 13.2. The molecule has 0 spiro atoms. The summed E-state index contributed by atoms with van der Waals surface area (Å²) in [5.41, 5.74) is 6.64. The zero-order chi connectivity index (χ0) is 27.4. The molecule has 200 valence electrons. The number of pyridine rings is 1. The van der Waals surface area contributed by atoms with Gasteiger partial charge in [-0.25, -0.2) is 4.79 Å². The van der Waals surface area contributed by atoms with Crippen LogP contribution in [-0.4, -0.2) is 68.8 Å². The Kier molecular flexibility index (Phi) is 8.65. The first-order valence-corrected chi connectivity index (χ1v) is 13.1. The van der Waals surface area contributed by atoms with Crippen molar-refractivity contribution in [3.05, 3.63) is 68.7 Å². The van der Waals surface area contributed by atoms with Gasteiger partial charge in [-0.05, 0) is 29.8 Å². The molecule has 3 heterocycles. The zero-order valence-electron chi connectivity index (χ0n) is 20.3. The number of nitrogens with one attached hydrogen (secondary N) is 1. The van der Waals surface area contributed by atoms with Crippen LogP contribution in [0, 0.1) is 0 Å². The molecule has 1 unspecified atom stereocenters. The predicted octanol–water partition coefficient (Wildman–Crippen LogP) is 2.74. The van der Waals surface area contributed by atoms with Crippen LogP contribution in [-0.2, 0) is 18.3 Å². The second kappa shape index (κ2) is 11.9. The molecule has 38 heavy (non-hydrogen) atoms. The van der Waals surface area contributed by atoms with Crippen molar-refractivity contribution in [3.63, 3.8) is 0 Å². The number of amides is 2. The van der Waals surface area contributed by atoms with Crippen molar-refractivity contribution < 1.29 is 14.7 Å². The summed E-state index contributed by atoms with van der Waals surface area (Å²) in [6, 6.07) is 7.66. The Morgan fingerprint density at radius 1 is 1.16 bits per heavy atom. The topological polar surface area (TPSA) is 147 Å². The Balaban J connectivity index is 1.47. The lowest BCUT2D eigenvalue weighted by Gasteiger charge is -2.37. The third-order valence-electron chi connectivity index (χ3n) is 6.04. The molecule has 1 aliphatic rings. The third kappa shape index (κ3) is 6.14. The molecule has 1 aromatic carbocycles. The van der Waals surface area contributed by atoms with Crippen molar-refractivity contribution in [2.45, 2.75) is 22.3 Å². The Hall–Kier alpha value is -3.48. The van der Waals surface area contributed by atoms with Crippen molar-refractivity contribution in [1.29, 1.82) is 0 Å². The quantitative estimate of drug-likeness (QED) is 0.385. The minimum atomic E-state index is -1.28. The van der Waals surface area contributed by atoms with Gasteiger partial charge in [0.25, 0.3) is 5.56 Å². The summed E-state index contributed by atoms with van der Waals surface area (Å²) in [6.45, 7) is 1.40. The number of carbonyl (C=O) groups excluding carboxylic acids is 1. The van der Waals surface area contributed by atoms with Gasteiger partial charge in [-0.2, -0.15) is 4.98 Å². The summed E-state index contributed by atoms with van der Waals surface area (Å²) in [5, 5.41) is 12.3. The fourth-order valence-corrected chi connectivity index (χ4v) is 5.50. The molecule has 0 bridgehead atoms. The number of anilines is 2.